The summed E-state index contributed by atoms with van der Waals surface area (Å²) in [6.07, 6.45) is 1.15. The van der Waals surface area contributed by atoms with Gasteiger partial charge in [0.25, 0.3) is 0 Å². The van der Waals surface area contributed by atoms with E-state index in [0.717, 1.165) is 17.4 Å². The van der Waals surface area contributed by atoms with Crippen LogP contribution in [0.2, 0.25) is 0 Å². The first-order chi connectivity index (χ1) is 8.36. The Kier molecular flexibility index (Phi) is 7.14. The summed E-state index contributed by atoms with van der Waals surface area (Å²) in [6.45, 7) is 1.16. The molecular weight excluding hydrogens is 359 g/mol. The molecule has 0 saturated heterocycles. The number of aryl methyl sites for hydroxylation is 1. The summed E-state index contributed by atoms with van der Waals surface area (Å²) < 4.78 is 0.893. The van der Waals surface area contributed by atoms with Gasteiger partial charge in [-0.05, 0) is 18.6 Å². The zero-order chi connectivity index (χ0) is 13.8. The van der Waals surface area contributed by atoms with Crippen LogP contribution in [0.25, 0.3) is 0 Å². The Morgan fingerprint density at radius 3 is 2.53 bits per heavy atom. The largest absolute Gasteiger partial charge is 0.530 e. The molecule has 1 aromatic rings. The monoisotopic (exact) mass is 380 g/mol. The Hall–Kier alpha value is -1.02. The molecule has 5 nitrogen and oxygen atoms in total. The van der Waals surface area contributed by atoms with Crippen LogP contribution in [-0.4, -0.2) is 38.9 Å². The lowest BCUT2D eigenvalue weighted by Crippen LogP contribution is -2.44. The van der Waals surface area contributed by atoms with E-state index >= 15 is 0 Å². The molecule has 0 aromatic heterocycles. The Balaban J connectivity index is 0.000000471. The molecule has 0 radical (unpaired) electrons. The van der Waals surface area contributed by atoms with Crippen molar-refractivity contribution in [3.63, 3.8) is 0 Å². The van der Waals surface area contributed by atoms with E-state index in [1.807, 2.05) is 17.4 Å². The van der Waals surface area contributed by atoms with Crippen LogP contribution in [0.4, 0.5) is 10.5 Å². The fourth-order valence-electron chi connectivity index (χ4n) is 2.11. The molecule has 108 valence electrons. The molecular formula is C13H21IN2O3. The number of hydrogen-bond donors (Lipinski definition) is 2. The van der Waals surface area contributed by atoms with E-state index in [4.69, 9.17) is 9.90 Å². The Bertz CT molecular complexity index is 436. The molecule has 0 aliphatic carbocycles. The average Bonchev–Trinajstić information content (AvgIpc) is 2.30. The molecule has 2 rings (SSSR count). The third kappa shape index (κ3) is 5.23. The van der Waals surface area contributed by atoms with Gasteiger partial charge in [-0.25, -0.2) is 0 Å². The fourth-order valence-corrected chi connectivity index (χ4v) is 2.11. The number of fused-ring (bicyclic) bond motifs is 1. The number of nitrogens with zero attached hydrogens (tertiary/aromatic N) is 1. The Morgan fingerprint density at radius 1 is 1.42 bits per heavy atom. The second kappa shape index (κ2) is 7.54. The highest BCUT2D eigenvalue weighted by Crippen LogP contribution is 2.33. The number of quaternary nitrogens is 1. The Labute approximate surface area is 130 Å². The van der Waals surface area contributed by atoms with Gasteiger partial charge in [-0.1, -0.05) is 0 Å². The lowest BCUT2D eigenvalue weighted by Gasteiger charge is -2.34. The van der Waals surface area contributed by atoms with Crippen molar-refractivity contribution in [2.45, 2.75) is 12.8 Å². The third-order valence-electron chi connectivity index (χ3n) is 3.09. The van der Waals surface area contributed by atoms with Gasteiger partial charge in [0.1, 0.15) is 17.5 Å². The number of carbonyl (C=O) groups is 1. The molecule has 0 saturated carbocycles. The summed E-state index contributed by atoms with van der Waals surface area (Å²) in [7, 11) is 5.67. The molecule has 1 heterocycles. The fraction of sp³-hybridized carbons (Fsp3) is 0.462. The number of hydrogen-bond acceptors (Lipinski definition) is 3. The van der Waals surface area contributed by atoms with Crippen LogP contribution in [0.5, 0.6) is 5.75 Å². The van der Waals surface area contributed by atoms with Crippen LogP contribution >= 0.6 is 24.0 Å². The number of benzene rings is 1. The van der Waals surface area contributed by atoms with E-state index in [2.05, 4.69) is 14.1 Å². The lowest BCUT2D eigenvalue weighted by molar-refractivity contribution is -0.250. The predicted octanol–water partition coefficient (Wildman–Crippen LogP) is 1.07. The number of aromatic hydroxyl groups is 1. The van der Waals surface area contributed by atoms with E-state index in [0.29, 0.717) is 5.75 Å². The predicted molar refractivity (Wildman–Crippen MR) is 84.8 cm³/mol. The maximum Gasteiger partial charge on any atom is 0.139 e. The SMILES string of the molecule is CNC(=O)[O-].C[N+]1(C)CCCc2ccc(O)cc21.I. The van der Waals surface area contributed by atoms with Crippen molar-refractivity contribution < 1.29 is 15.0 Å². The molecule has 1 aromatic carbocycles. The molecule has 0 bridgehead atoms. The first kappa shape index (κ1) is 18.0. The van der Waals surface area contributed by atoms with Gasteiger partial charge in [-0.15, -0.1) is 24.0 Å². The first-order valence-corrected chi connectivity index (χ1v) is 5.91. The van der Waals surface area contributed by atoms with Crippen molar-refractivity contribution in [2.75, 3.05) is 27.7 Å². The van der Waals surface area contributed by atoms with Crippen LogP contribution in [0, 0.1) is 0 Å². The van der Waals surface area contributed by atoms with Gasteiger partial charge in [-0.2, -0.15) is 0 Å². The zero-order valence-electron chi connectivity index (χ0n) is 11.5. The topological polar surface area (TPSA) is 72.4 Å². The van der Waals surface area contributed by atoms with Crippen molar-refractivity contribution in [1.82, 2.24) is 9.80 Å². The van der Waals surface area contributed by atoms with Gasteiger partial charge in [0, 0.05) is 25.1 Å². The van der Waals surface area contributed by atoms with Crippen LogP contribution in [0.15, 0.2) is 18.2 Å². The average molecular weight is 380 g/mol. The number of rotatable bonds is 0. The van der Waals surface area contributed by atoms with Crippen LogP contribution < -0.4 is 14.9 Å². The summed E-state index contributed by atoms with van der Waals surface area (Å²) in [5.41, 5.74) is 2.65. The van der Waals surface area contributed by atoms with Gasteiger partial charge in [-0.3, -0.25) is 4.48 Å². The van der Waals surface area contributed by atoms with E-state index < -0.39 is 6.09 Å². The van der Waals surface area contributed by atoms with Gasteiger partial charge in [0.2, 0.25) is 0 Å². The highest BCUT2D eigenvalue weighted by molar-refractivity contribution is 14.0. The van der Waals surface area contributed by atoms with Crippen molar-refractivity contribution in [1.29, 1.82) is 0 Å². The molecule has 2 N–H and O–H groups in total. The summed E-state index contributed by atoms with van der Waals surface area (Å²) in [5.74, 6) is 0.381. The molecule has 0 spiro atoms. The minimum absolute atomic E-state index is 0. The van der Waals surface area contributed by atoms with E-state index in [1.54, 1.807) is 6.07 Å². The molecule has 1 aliphatic rings. The van der Waals surface area contributed by atoms with Gasteiger partial charge in [0.15, 0.2) is 0 Å². The standard InChI is InChI=1S/C11H15NO.C2H5NO2.HI/c1-12(2)7-3-4-9-5-6-10(13)8-11(9)12;1-3-2(4)5;/h5-6,8H,3-4,7H2,1-2H3;3H,1H3,(H,4,5);1H. The van der Waals surface area contributed by atoms with Crippen LogP contribution in [0.1, 0.15) is 12.0 Å². The number of halogens is 1. The normalized spacial score (nSPS) is 15.1. The summed E-state index contributed by atoms with van der Waals surface area (Å²) >= 11 is 0. The second-order valence-corrected chi connectivity index (χ2v) is 4.86. The quantitative estimate of drug-likeness (QED) is 0.523. The van der Waals surface area contributed by atoms with Crippen molar-refractivity contribution in [3.05, 3.63) is 23.8 Å². The zero-order valence-corrected chi connectivity index (χ0v) is 13.8. The molecule has 1 aliphatic heterocycles. The second-order valence-electron chi connectivity index (χ2n) is 4.86. The summed E-state index contributed by atoms with van der Waals surface area (Å²) in [4.78, 5) is 9.15. The van der Waals surface area contributed by atoms with E-state index in [9.17, 15) is 5.11 Å². The van der Waals surface area contributed by atoms with E-state index in [1.165, 1.54) is 24.7 Å². The van der Waals surface area contributed by atoms with Gasteiger partial charge >= 0.3 is 0 Å². The summed E-state index contributed by atoms with van der Waals surface area (Å²) in [5, 5.41) is 20.4. The smallest absolute Gasteiger partial charge is 0.139 e. The summed E-state index contributed by atoms with van der Waals surface area (Å²) in [6, 6.07) is 5.72. The molecule has 19 heavy (non-hydrogen) atoms. The number of nitrogens with one attached hydrogen (secondary N) is 1. The highest BCUT2D eigenvalue weighted by atomic mass is 127. The van der Waals surface area contributed by atoms with E-state index in [-0.39, 0.29) is 24.0 Å². The molecule has 1 amide bonds. The number of phenolic OH excluding ortho intramolecular Hbond substituents is 1. The lowest BCUT2D eigenvalue weighted by atomic mass is 10.0. The molecule has 0 unspecified atom stereocenters. The molecule has 6 heteroatoms. The minimum atomic E-state index is -1.25. The van der Waals surface area contributed by atoms with Crippen molar-refractivity contribution >= 4 is 35.8 Å². The molecule has 0 fully saturated rings. The highest BCUT2D eigenvalue weighted by Gasteiger charge is 2.27. The number of amides is 1. The molecule has 0 atom stereocenters. The Morgan fingerprint density at radius 2 is 2.00 bits per heavy atom. The first-order valence-electron chi connectivity index (χ1n) is 5.91. The number of phenols is 1. The maximum atomic E-state index is 9.41. The maximum absolute atomic E-state index is 9.41. The van der Waals surface area contributed by atoms with Crippen LogP contribution in [-0.2, 0) is 6.42 Å². The number of carboxylic acid groups (broad SMARTS) is 1. The van der Waals surface area contributed by atoms with Gasteiger partial charge in [0.05, 0.1) is 20.6 Å². The minimum Gasteiger partial charge on any atom is -0.530 e. The van der Waals surface area contributed by atoms with Gasteiger partial charge < -0.3 is 20.3 Å². The number of carbonyl (C=O) groups excluding carboxylic acids is 1. The van der Waals surface area contributed by atoms with Crippen molar-refractivity contribution in [3.8, 4) is 5.75 Å². The van der Waals surface area contributed by atoms with Crippen LogP contribution in [0.3, 0.4) is 0 Å². The van der Waals surface area contributed by atoms with Crippen molar-refractivity contribution in [2.24, 2.45) is 0 Å². The third-order valence-corrected chi connectivity index (χ3v) is 3.09.